The number of carbonyl (C=O) groups is 1. The molecule has 1 aliphatic heterocycles. The normalized spacial score (nSPS) is 19.6. The van der Waals surface area contributed by atoms with Crippen LogP contribution in [0.5, 0.6) is 11.5 Å². The Hall–Kier alpha value is -4.33. The smallest absolute Gasteiger partial charge is 0.254 e. The number of allylic oxidation sites excluding steroid dienone is 6. The van der Waals surface area contributed by atoms with Crippen LogP contribution in [0.1, 0.15) is 30.6 Å². The molecule has 4 rings (SSSR count). The molecule has 1 amide bonds. The second-order valence-electron chi connectivity index (χ2n) is 9.72. The average molecular weight is 574 g/mol. The first-order valence-corrected chi connectivity index (χ1v) is 14.4. The van der Waals surface area contributed by atoms with Crippen LogP contribution in [0.4, 0.5) is 0 Å². The lowest BCUT2D eigenvalue weighted by Crippen LogP contribution is -2.49. The first kappa shape index (κ1) is 30.6. The molecule has 222 valence electrons. The number of nitrogens with two attached hydrogens (primary N) is 1. The maximum Gasteiger partial charge on any atom is 0.254 e. The first-order chi connectivity index (χ1) is 20.6. The number of piperazine rings is 1. The monoisotopic (exact) mass is 573 g/mol. The van der Waals surface area contributed by atoms with Crippen molar-refractivity contribution in [2.24, 2.45) is 16.0 Å². The Kier molecular flexibility index (Phi) is 11.8. The van der Waals surface area contributed by atoms with Crippen molar-refractivity contribution in [2.45, 2.75) is 32.5 Å². The highest BCUT2D eigenvalue weighted by Gasteiger charge is 2.23. The molecule has 0 aromatic heterocycles. The van der Waals surface area contributed by atoms with Gasteiger partial charge in [-0.2, -0.15) is 0 Å². The van der Waals surface area contributed by atoms with Crippen molar-refractivity contribution in [2.75, 3.05) is 52.5 Å². The van der Waals surface area contributed by atoms with Crippen LogP contribution in [0.15, 0.2) is 88.3 Å². The van der Waals surface area contributed by atoms with Crippen LogP contribution < -0.4 is 15.2 Å². The summed E-state index contributed by atoms with van der Waals surface area (Å²) in [5, 5.41) is 7.56. The maximum absolute atomic E-state index is 13.6. The molecular formula is C32H39N5O5. The van der Waals surface area contributed by atoms with Gasteiger partial charge in [0.05, 0.1) is 0 Å². The van der Waals surface area contributed by atoms with E-state index in [0.717, 1.165) is 37.2 Å². The van der Waals surface area contributed by atoms with E-state index in [1.165, 1.54) is 0 Å². The molecule has 0 bridgehead atoms. The number of hydrogen-bond donors (Lipinski definition) is 1. The van der Waals surface area contributed by atoms with Crippen molar-refractivity contribution in [3.8, 4) is 11.5 Å². The molecule has 3 aliphatic rings. The van der Waals surface area contributed by atoms with E-state index in [-0.39, 0.29) is 18.1 Å². The number of rotatable bonds is 12. The zero-order chi connectivity index (χ0) is 29.6. The fourth-order valence-electron chi connectivity index (χ4n) is 4.46. The minimum atomic E-state index is -0.335. The highest BCUT2D eigenvalue weighted by atomic mass is 16.6. The summed E-state index contributed by atoms with van der Waals surface area (Å²) in [7, 11) is 0. The van der Waals surface area contributed by atoms with Crippen molar-refractivity contribution in [1.82, 2.24) is 9.80 Å². The van der Waals surface area contributed by atoms with Gasteiger partial charge in [-0.3, -0.25) is 9.69 Å². The summed E-state index contributed by atoms with van der Waals surface area (Å²) < 4.78 is 12.5. The topological polar surface area (TPSA) is 111 Å². The molecule has 10 nitrogen and oxygen atoms in total. The number of nitrogens with zero attached hydrogens (tertiary/aromatic N) is 4. The SMILES string of the molecule is CCON=C=C1C=CC(Oc2cc(OC3C=CC(=C=NOCC)C=C3)cc(C(=O)N3CCN(CCCN)CC3)c2)C=C1. The molecule has 1 aromatic rings. The van der Waals surface area contributed by atoms with E-state index in [1.807, 2.05) is 67.4 Å². The summed E-state index contributed by atoms with van der Waals surface area (Å²) in [6, 6.07) is 5.35. The Morgan fingerprint density at radius 1 is 0.833 bits per heavy atom. The fourth-order valence-corrected chi connectivity index (χ4v) is 4.46. The molecule has 0 spiro atoms. The highest BCUT2D eigenvalue weighted by Crippen LogP contribution is 2.28. The van der Waals surface area contributed by atoms with E-state index in [9.17, 15) is 4.79 Å². The molecule has 2 N–H and O–H groups in total. The Labute approximate surface area is 247 Å². The number of hydrogen-bond acceptors (Lipinski definition) is 9. The molecule has 0 radical (unpaired) electrons. The van der Waals surface area contributed by atoms with Gasteiger partial charge in [-0.05, 0) is 104 Å². The van der Waals surface area contributed by atoms with Gasteiger partial charge in [-0.25, -0.2) is 0 Å². The molecule has 1 saturated heterocycles. The molecule has 2 aliphatic carbocycles. The number of ether oxygens (including phenoxy) is 2. The van der Waals surface area contributed by atoms with Crippen LogP contribution in [0.25, 0.3) is 0 Å². The molecule has 1 heterocycles. The third-order valence-corrected chi connectivity index (χ3v) is 6.61. The Bertz CT molecular complexity index is 1220. The second kappa shape index (κ2) is 16.2. The van der Waals surface area contributed by atoms with Crippen molar-refractivity contribution >= 4 is 17.6 Å². The molecule has 0 atom stereocenters. The van der Waals surface area contributed by atoms with Gasteiger partial charge in [0, 0.05) is 60.7 Å². The van der Waals surface area contributed by atoms with E-state index in [1.54, 1.807) is 18.2 Å². The van der Waals surface area contributed by atoms with Crippen molar-refractivity contribution in [1.29, 1.82) is 0 Å². The van der Waals surface area contributed by atoms with Crippen LogP contribution in [0, 0.1) is 0 Å². The summed E-state index contributed by atoms with van der Waals surface area (Å²) in [5.41, 5.74) is 7.73. The van der Waals surface area contributed by atoms with E-state index in [2.05, 4.69) is 27.0 Å². The molecule has 10 heteroatoms. The van der Waals surface area contributed by atoms with Crippen LogP contribution in [-0.4, -0.2) is 92.1 Å². The predicted molar refractivity (Wildman–Crippen MR) is 163 cm³/mol. The first-order valence-electron chi connectivity index (χ1n) is 14.4. The Balaban J connectivity index is 1.50. The maximum atomic E-state index is 13.6. The van der Waals surface area contributed by atoms with E-state index >= 15 is 0 Å². The van der Waals surface area contributed by atoms with Gasteiger partial charge in [0.1, 0.15) is 36.9 Å². The lowest BCUT2D eigenvalue weighted by molar-refractivity contribution is 0.0635. The zero-order valence-corrected chi connectivity index (χ0v) is 24.3. The fraction of sp³-hybridized carbons (Fsp3) is 0.406. The molecule has 0 unspecified atom stereocenters. The van der Waals surface area contributed by atoms with Crippen LogP contribution in [0.2, 0.25) is 0 Å². The van der Waals surface area contributed by atoms with Crippen molar-refractivity contribution in [3.05, 3.63) is 83.5 Å². The van der Waals surface area contributed by atoms with Gasteiger partial charge < -0.3 is 29.8 Å². The van der Waals surface area contributed by atoms with Gasteiger partial charge in [0.25, 0.3) is 5.91 Å². The van der Waals surface area contributed by atoms with E-state index in [0.29, 0.717) is 49.9 Å². The molecule has 0 saturated carbocycles. The minimum Gasteiger partial charge on any atom is -0.482 e. The summed E-state index contributed by atoms with van der Waals surface area (Å²) in [6.45, 7) is 9.27. The lowest BCUT2D eigenvalue weighted by atomic mass is 10.1. The third kappa shape index (κ3) is 9.36. The van der Waals surface area contributed by atoms with Crippen LogP contribution in [0.3, 0.4) is 0 Å². The highest BCUT2D eigenvalue weighted by molar-refractivity contribution is 5.95. The number of amides is 1. The standard InChI is InChI=1S/C32H39N5O5/c1-3-39-34-23-25-6-10-28(11-7-25)41-30-20-27(32(38)37-18-16-36(17-19-37)15-5-14-33)21-31(22-30)42-29-12-8-26(9-13-29)24-35-40-4-2/h6-13,20-22,28-29H,3-5,14-19,33H2,1-2H3. The summed E-state index contributed by atoms with van der Waals surface area (Å²) >= 11 is 0. The summed E-state index contributed by atoms with van der Waals surface area (Å²) in [6.07, 6.45) is 15.3. The lowest BCUT2D eigenvalue weighted by Gasteiger charge is -2.34. The minimum absolute atomic E-state index is 0.0528. The Morgan fingerprint density at radius 3 is 1.79 bits per heavy atom. The summed E-state index contributed by atoms with van der Waals surface area (Å²) in [4.78, 5) is 27.8. The van der Waals surface area contributed by atoms with Crippen molar-refractivity contribution < 1.29 is 23.9 Å². The third-order valence-electron chi connectivity index (χ3n) is 6.61. The molecule has 1 fully saturated rings. The van der Waals surface area contributed by atoms with E-state index in [4.69, 9.17) is 24.9 Å². The zero-order valence-electron chi connectivity index (χ0n) is 24.3. The second-order valence-corrected chi connectivity index (χ2v) is 9.72. The Morgan fingerprint density at radius 2 is 1.33 bits per heavy atom. The predicted octanol–water partition coefficient (Wildman–Crippen LogP) is 3.64. The van der Waals surface area contributed by atoms with Gasteiger partial charge in [-0.15, -0.1) is 0 Å². The number of carbonyl (C=O) groups excluding carboxylic acids is 1. The molecule has 42 heavy (non-hydrogen) atoms. The van der Waals surface area contributed by atoms with Crippen LogP contribution >= 0.6 is 0 Å². The van der Waals surface area contributed by atoms with Crippen molar-refractivity contribution in [3.63, 3.8) is 0 Å². The van der Waals surface area contributed by atoms with Crippen LogP contribution in [-0.2, 0) is 9.68 Å². The quantitative estimate of drug-likeness (QED) is 0.300. The van der Waals surface area contributed by atoms with E-state index < -0.39 is 0 Å². The molecular weight excluding hydrogens is 534 g/mol. The number of benzene rings is 1. The van der Waals surface area contributed by atoms with Gasteiger partial charge in [0.15, 0.2) is 0 Å². The summed E-state index contributed by atoms with van der Waals surface area (Å²) in [5.74, 6) is 6.67. The average Bonchev–Trinajstić information content (AvgIpc) is 3.02. The molecule has 1 aromatic carbocycles. The largest absolute Gasteiger partial charge is 0.482 e. The van der Waals surface area contributed by atoms with Gasteiger partial charge >= 0.3 is 0 Å². The van der Waals surface area contributed by atoms with Gasteiger partial charge in [-0.1, -0.05) is 0 Å². The van der Waals surface area contributed by atoms with Gasteiger partial charge in [0.2, 0.25) is 0 Å².